The molecule has 78 valence electrons. The summed E-state index contributed by atoms with van der Waals surface area (Å²) < 4.78 is 5.13. The van der Waals surface area contributed by atoms with E-state index < -0.39 is 5.41 Å². The molecule has 1 aliphatic carbocycles. The Morgan fingerprint density at radius 2 is 2.07 bits per heavy atom. The summed E-state index contributed by atoms with van der Waals surface area (Å²) >= 11 is 0. The molecule has 4 nitrogen and oxygen atoms in total. The molecule has 14 heavy (non-hydrogen) atoms. The molecule has 0 radical (unpaired) electrons. The van der Waals surface area contributed by atoms with Gasteiger partial charge >= 0.3 is 5.97 Å². The lowest BCUT2D eigenvalue weighted by Gasteiger charge is -2.28. The summed E-state index contributed by atoms with van der Waals surface area (Å²) in [6.07, 6.45) is 4.38. The van der Waals surface area contributed by atoms with E-state index in [4.69, 9.17) is 9.94 Å². The highest BCUT2D eigenvalue weighted by atomic mass is 16.6. The van der Waals surface area contributed by atoms with Crippen LogP contribution in [-0.4, -0.2) is 23.0 Å². The van der Waals surface area contributed by atoms with E-state index in [-0.39, 0.29) is 12.1 Å². The zero-order valence-corrected chi connectivity index (χ0v) is 8.32. The Balaban J connectivity index is 2.34. The van der Waals surface area contributed by atoms with Crippen LogP contribution < -0.4 is 0 Å². The average Bonchev–Trinajstić information content (AvgIpc) is 2.40. The second-order valence-electron chi connectivity index (χ2n) is 4.18. The molecule has 1 aliphatic heterocycles. The number of hydrogen-bond acceptors (Lipinski definition) is 4. The van der Waals surface area contributed by atoms with Gasteiger partial charge in [0.1, 0.15) is 17.2 Å². The Bertz CT molecular complexity index is 279. The fraction of sp³-hybridized carbons (Fsp3) is 0.800. The lowest BCUT2D eigenvalue weighted by Crippen LogP contribution is -2.36. The Labute approximate surface area is 82.9 Å². The van der Waals surface area contributed by atoms with Crippen molar-refractivity contribution in [3.8, 4) is 0 Å². The Hall–Kier alpha value is -1.06. The molecule has 1 N–H and O–H groups in total. The van der Waals surface area contributed by atoms with Gasteiger partial charge in [-0.3, -0.25) is 4.79 Å². The maximum absolute atomic E-state index is 11.7. The minimum absolute atomic E-state index is 0.197. The van der Waals surface area contributed by atoms with Crippen LogP contribution in [-0.2, 0) is 9.53 Å². The normalized spacial score (nSPS) is 33.6. The molecule has 0 bridgehead atoms. The molecule has 0 aromatic carbocycles. The number of nitrogens with zero attached hydrogens (tertiary/aromatic N) is 1. The van der Waals surface area contributed by atoms with Crippen molar-refractivity contribution in [1.29, 1.82) is 0 Å². The van der Waals surface area contributed by atoms with E-state index in [1.165, 1.54) is 0 Å². The van der Waals surface area contributed by atoms with Crippen LogP contribution in [0, 0.1) is 5.41 Å². The number of carbonyl (C=O) groups excluding carboxylic acids is 1. The third kappa shape index (κ3) is 1.13. The molecule has 1 saturated carbocycles. The zero-order valence-electron chi connectivity index (χ0n) is 8.32. The molecule has 4 heteroatoms. The first kappa shape index (κ1) is 9.49. The van der Waals surface area contributed by atoms with Crippen LogP contribution in [0.5, 0.6) is 0 Å². The summed E-state index contributed by atoms with van der Waals surface area (Å²) in [5.41, 5.74) is -0.0610. The summed E-state index contributed by atoms with van der Waals surface area (Å²) in [4.78, 5) is 11.7. The molecule has 1 spiro atoms. The second-order valence-corrected chi connectivity index (χ2v) is 4.18. The van der Waals surface area contributed by atoms with Crippen molar-refractivity contribution >= 4 is 11.7 Å². The highest BCUT2D eigenvalue weighted by molar-refractivity contribution is 6.13. The third-order valence-corrected chi connectivity index (χ3v) is 3.36. The summed E-state index contributed by atoms with van der Waals surface area (Å²) in [6, 6.07) is 0. The van der Waals surface area contributed by atoms with Crippen LogP contribution in [0.1, 0.15) is 39.0 Å². The molecule has 2 aliphatic rings. The first-order chi connectivity index (χ1) is 6.70. The molecule has 2 fully saturated rings. The van der Waals surface area contributed by atoms with Gasteiger partial charge < -0.3 is 9.94 Å². The van der Waals surface area contributed by atoms with Gasteiger partial charge in [0, 0.05) is 0 Å². The fourth-order valence-electron chi connectivity index (χ4n) is 2.62. The van der Waals surface area contributed by atoms with Gasteiger partial charge in [-0.25, -0.2) is 0 Å². The lowest BCUT2D eigenvalue weighted by atomic mass is 9.71. The molecule has 2 rings (SSSR count). The quantitative estimate of drug-likeness (QED) is 0.365. The molecule has 1 saturated heterocycles. The van der Waals surface area contributed by atoms with E-state index in [0.29, 0.717) is 5.71 Å². The van der Waals surface area contributed by atoms with Crippen LogP contribution in [0.3, 0.4) is 0 Å². The second kappa shape index (κ2) is 3.26. The number of rotatable bonds is 0. The maximum Gasteiger partial charge on any atom is 0.318 e. The van der Waals surface area contributed by atoms with E-state index in [1.54, 1.807) is 6.92 Å². The predicted molar refractivity (Wildman–Crippen MR) is 50.3 cm³/mol. The highest BCUT2D eigenvalue weighted by Gasteiger charge is 2.54. The molecule has 0 aromatic rings. The van der Waals surface area contributed by atoms with Crippen molar-refractivity contribution in [2.75, 3.05) is 0 Å². The molecule has 0 unspecified atom stereocenters. The Morgan fingerprint density at radius 1 is 1.43 bits per heavy atom. The number of ether oxygens (including phenoxy) is 1. The SMILES string of the molecule is C[C@@H]1OC(=O)C2(CCCCC2)/C1=N\O. The van der Waals surface area contributed by atoms with E-state index in [1.807, 2.05) is 0 Å². The monoisotopic (exact) mass is 197 g/mol. The number of oxime groups is 1. The van der Waals surface area contributed by atoms with E-state index in [0.717, 1.165) is 32.1 Å². The van der Waals surface area contributed by atoms with Gasteiger partial charge in [0.05, 0.1) is 0 Å². The van der Waals surface area contributed by atoms with Gasteiger partial charge in [-0.15, -0.1) is 0 Å². The first-order valence-corrected chi connectivity index (χ1v) is 5.14. The summed E-state index contributed by atoms with van der Waals surface area (Å²) in [5, 5.41) is 12.2. The van der Waals surface area contributed by atoms with Gasteiger partial charge in [0.15, 0.2) is 0 Å². The minimum Gasteiger partial charge on any atom is -0.456 e. The average molecular weight is 197 g/mol. The van der Waals surface area contributed by atoms with Crippen LogP contribution in [0.2, 0.25) is 0 Å². The van der Waals surface area contributed by atoms with Crippen molar-refractivity contribution in [3.63, 3.8) is 0 Å². The van der Waals surface area contributed by atoms with E-state index in [9.17, 15) is 4.79 Å². The first-order valence-electron chi connectivity index (χ1n) is 5.14. The topological polar surface area (TPSA) is 58.9 Å². The number of cyclic esters (lactones) is 1. The standard InChI is InChI=1S/C10H15NO3/c1-7-8(11-13)10(9(12)14-7)5-3-2-4-6-10/h7,13H,2-6H2,1H3/b11-8-/t7-/m0/s1. The van der Waals surface area contributed by atoms with Crippen LogP contribution in [0.15, 0.2) is 5.16 Å². The molecular weight excluding hydrogens is 182 g/mol. The highest BCUT2D eigenvalue weighted by Crippen LogP contribution is 2.44. The van der Waals surface area contributed by atoms with Gasteiger partial charge in [-0.05, 0) is 19.8 Å². The minimum atomic E-state index is -0.591. The molecule has 1 atom stereocenters. The van der Waals surface area contributed by atoms with Gasteiger partial charge in [0.25, 0.3) is 0 Å². The number of hydrogen-bond donors (Lipinski definition) is 1. The number of esters is 1. The molecule has 1 heterocycles. The van der Waals surface area contributed by atoms with E-state index >= 15 is 0 Å². The van der Waals surface area contributed by atoms with Gasteiger partial charge in [-0.1, -0.05) is 24.4 Å². The maximum atomic E-state index is 11.7. The smallest absolute Gasteiger partial charge is 0.318 e. The van der Waals surface area contributed by atoms with Crippen LogP contribution in [0.25, 0.3) is 0 Å². The van der Waals surface area contributed by atoms with Crippen molar-refractivity contribution in [2.24, 2.45) is 10.6 Å². The van der Waals surface area contributed by atoms with Crippen LogP contribution in [0.4, 0.5) is 0 Å². The number of carbonyl (C=O) groups is 1. The summed E-state index contributed by atoms with van der Waals surface area (Å²) in [5.74, 6) is -0.197. The Morgan fingerprint density at radius 3 is 2.64 bits per heavy atom. The molecular formula is C10H15NO3. The van der Waals surface area contributed by atoms with Crippen LogP contribution >= 0.6 is 0 Å². The summed E-state index contributed by atoms with van der Waals surface area (Å²) in [7, 11) is 0. The summed E-state index contributed by atoms with van der Waals surface area (Å²) in [6.45, 7) is 1.76. The van der Waals surface area contributed by atoms with E-state index in [2.05, 4.69) is 5.16 Å². The third-order valence-electron chi connectivity index (χ3n) is 3.36. The lowest BCUT2D eigenvalue weighted by molar-refractivity contribution is -0.149. The van der Waals surface area contributed by atoms with Gasteiger partial charge in [0.2, 0.25) is 0 Å². The fourth-order valence-corrected chi connectivity index (χ4v) is 2.62. The van der Waals surface area contributed by atoms with Crippen molar-refractivity contribution in [3.05, 3.63) is 0 Å². The van der Waals surface area contributed by atoms with Crippen molar-refractivity contribution in [1.82, 2.24) is 0 Å². The Kier molecular flexibility index (Phi) is 2.21. The largest absolute Gasteiger partial charge is 0.456 e. The van der Waals surface area contributed by atoms with Gasteiger partial charge in [-0.2, -0.15) is 0 Å². The zero-order chi connectivity index (χ0) is 10.2. The van der Waals surface area contributed by atoms with Crippen molar-refractivity contribution in [2.45, 2.75) is 45.1 Å². The van der Waals surface area contributed by atoms with Crippen molar-refractivity contribution < 1.29 is 14.7 Å². The molecule has 0 amide bonds. The molecule has 0 aromatic heterocycles. The predicted octanol–water partition coefficient (Wildman–Crippen LogP) is 1.71.